The largest absolute Gasteiger partial charge is 0.478 e. The Hall–Kier alpha value is -0.870. The average molecular weight is 196 g/mol. The number of likely N-dealkylation sites (tertiary alicyclic amines) is 1. The molecule has 2 atom stereocenters. The van der Waals surface area contributed by atoms with Gasteiger partial charge in [-0.25, -0.2) is 4.79 Å². The van der Waals surface area contributed by atoms with Crippen molar-refractivity contribution in [1.29, 1.82) is 0 Å². The number of aliphatic carboxylic acids is 1. The molecule has 2 rings (SSSR count). The number of nitrogens with zero attached hydrogens (tertiary/aromatic N) is 1. The molecule has 0 spiro atoms. The van der Waals surface area contributed by atoms with Gasteiger partial charge in [0.2, 0.25) is 0 Å². The Labute approximate surface area is 83.6 Å². The van der Waals surface area contributed by atoms with Gasteiger partial charge in [0, 0.05) is 25.7 Å². The van der Waals surface area contributed by atoms with Gasteiger partial charge >= 0.3 is 5.97 Å². The van der Waals surface area contributed by atoms with Crippen LogP contribution in [0, 0.1) is 11.8 Å². The van der Waals surface area contributed by atoms with Crippen LogP contribution in [-0.2, 0) is 4.79 Å². The Balaban J connectivity index is 1.76. The number of fused-ring (bicyclic) bond motifs is 1. The molecule has 0 saturated carbocycles. The van der Waals surface area contributed by atoms with E-state index in [1.54, 1.807) is 6.08 Å². The first-order valence-electron chi connectivity index (χ1n) is 5.08. The number of carboxylic acids is 1. The zero-order valence-corrected chi connectivity index (χ0v) is 8.15. The van der Waals surface area contributed by atoms with Crippen LogP contribution in [0.3, 0.4) is 0 Å². The van der Waals surface area contributed by atoms with Crippen molar-refractivity contribution in [3.05, 3.63) is 12.2 Å². The summed E-state index contributed by atoms with van der Waals surface area (Å²) in [7, 11) is 0. The maximum absolute atomic E-state index is 10.3. The van der Waals surface area contributed by atoms with Gasteiger partial charge in [0.05, 0.1) is 0 Å². The predicted molar refractivity (Wildman–Crippen MR) is 53.1 cm³/mol. The predicted octanol–water partition coefficient (Wildman–Crippen LogP) is -0.222. The smallest absolute Gasteiger partial charge is 0.328 e. The fourth-order valence-corrected chi connectivity index (χ4v) is 2.40. The summed E-state index contributed by atoms with van der Waals surface area (Å²) >= 11 is 0. The lowest BCUT2D eigenvalue weighted by Gasteiger charge is -2.13. The molecule has 2 aliphatic heterocycles. The van der Waals surface area contributed by atoms with Crippen LogP contribution in [0.5, 0.6) is 0 Å². The Kier molecular flexibility index (Phi) is 2.84. The van der Waals surface area contributed by atoms with E-state index in [1.165, 1.54) is 6.08 Å². The van der Waals surface area contributed by atoms with Gasteiger partial charge in [-0.05, 0) is 24.9 Å². The van der Waals surface area contributed by atoms with E-state index in [0.717, 1.165) is 44.6 Å². The standard InChI is InChI=1S/C10H16N2O2/c13-10(14)2-1-3-12-6-8-4-11-5-9(8)7-12/h1-2,8-9,11H,3-7H2,(H,13,14)/b2-1+/t8-,9+. The topological polar surface area (TPSA) is 52.6 Å². The molecule has 2 aliphatic rings. The molecule has 0 aromatic rings. The Morgan fingerprint density at radius 1 is 1.43 bits per heavy atom. The highest BCUT2D eigenvalue weighted by atomic mass is 16.4. The minimum Gasteiger partial charge on any atom is -0.478 e. The summed E-state index contributed by atoms with van der Waals surface area (Å²) in [5, 5.41) is 11.8. The van der Waals surface area contributed by atoms with Crippen LogP contribution in [0.15, 0.2) is 12.2 Å². The molecule has 0 unspecified atom stereocenters. The van der Waals surface area contributed by atoms with Crippen LogP contribution < -0.4 is 5.32 Å². The summed E-state index contributed by atoms with van der Waals surface area (Å²) in [4.78, 5) is 12.6. The Morgan fingerprint density at radius 2 is 2.07 bits per heavy atom. The van der Waals surface area contributed by atoms with E-state index in [4.69, 9.17) is 5.11 Å². The molecule has 0 amide bonds. The second-order valence-electron chi connectivity index (χ2n) is 4.14. The second kappa shape index (κ2) is 4.11. The molecule has 0 radical (unpaired) electrons. The van der Waals surface area contributed by atoms with Crippen molar-refractivity contribution < 1.29 is 9.90 Å². The zero-order chi connectivity index (χ0) is 9.97. The molecule has 2 heterocycles. The first-order valence-corrected chi connectivity index (χ1v) is 5.08. The maximum Gasteiger partial charge on any atom is 0.328 e. The molecule has 4 heteroatoms. The highest BCUT2D eigenvalue weighted by Crippen LogP contribution is 2.25. The molecule has 2 N–H and O–H groups in total. The lowest BCUT2D eigenvalue weighted by molar-refractivity contribution is -0.131. The third-order valence-corrected chi connectivity index (χ3v) is 3.09. The van der Waals surface area contributed by atoms with Gasteiger partial charge in [-0.1, -0.05) is 6.08 Å². The van der Waals surface area contributed by atoms with Gasteiger partial charge in [0.25, 0.3) is 0 Å². The van der Waals surface area contributed by atoms with Crippen LogP contribution in [0.1, 0.15) is 0 Å². The van der Waals surface area contributed by atoms with Gasteiger partial charge in [-0.3, -0.25) is 4.90 Å². The van der Waals surface area contributed by atoms with Crippen LogP contribution in [0.25, 0.3) is 0 Å². The number of rotatable bonds is 3. The fourth-order valence-electron chi connectivity index (χ4n) is 2.40. The monoisotopic (exact) mass is 196 g/mol. The Morgan fingerprint density at radius 3 is 2.64 bits per heavy atom. The number of nitrogens with one attached hydrogen (secondary N) is 1. The first-order chi connectivity index (χ1) is 6.75. The summed E-state index contributed by atoms with van der Waals surface area (Å²) < 4.78 is 0. The van der Waals surface area contributed by atoms with E-state index in [0.29, 0.717) is 0 Å². The minimum absolute atomic E-state index is 0.777. The van der Waals surface area contributed by atoms with E-state index >= 15 is 0 Å². The van der Waals surface area contributed by atoms with Crippen molar-refractivity contribution in [2.24, 2.45) is 11.8 Å². The van der Waals surface area contributed by atoms with E-state index in [1.807, 2.05) is 0 Å². The van der Waals surface area contributed by atoms with Gasteiger partial charge in [-0.2, -0.15) is 0 Å². The fraction of sp³-hybridized carbons (Fsp3) is 0.700. The quantitative estimate of drug-likeness (QED) is 0.613. The maximum atomic E-state index is 10.3. The van der Waals surface area contributed by atoms with Crippen LogP contribution in [-0.4, -0.2) is 48.7 Å². The van der Waals surface area contributed by atoms with Gasteiger partial charge in [0.1, 0.15) is 0 Å². The third-order valence-electron chi connectivity index (χ3n) is 3.09. The Bertz CT molecular complexity index is 241. The molecule has 0 aliphatic carbocycles. The molecular weight excluding hydrogens is 180 g/mol. The van der Waals surface area contributed by atoms with E-state index in [-0.39, 0.29) is 0 Å². The zero-order valence-electron chi connectivity index (χ0n) is 8.15. The van der Waals surface area contributed by atoms with Gasteiger partial charge in [0.15, 0.2) is 0 Å². The lowest BCUT2D eigenvalue weighted by Crippen LogP contribution is -2.25. The van der Waals surface area contributed by atoms with E-state index < -0.39 is 5.97 Å². The average Bonchev–Trinajstić information content (AvgIpc) is 2.62. The summed E-state index contributed by atoms with van der Waals surface area (Å²) in [6.45, 7) is 5.26. The number of hydrogen-bond donors (Lipinski definition) is 2. The molecular formula is C10H16N2O2. The molecule has 2 fully saturated rings. The highest BCUT2D eigenvalue weighted by molar-refractivity contribution is 5.79. The minimum atomic E-state index is -0.856. The van der Waals surface area contributed by atoms with E-state index in [9.17, 15) is 4.79 Å². The molecule has 4 nitrogen and oxygen atoms in total. The number of carbonyl (C=O) groups is 1. The SMILES string of the molecule is O=C(O)/C=C/CN1C[C@H]2CNC[C@H]2C1. The summed E-state index contributed by atoms with van der Waals surface area (Å²) in [6, 6.07) is 0. The molecule has 14 heavy (non-hydrogen) atoms. The van der Waals surface area contributed by atoms with Crippen LogP contribution in [0.2, 0.25) is 0 Å². The molecule has 0 aromatic carbocycles. The van der Waals surface area contributed by atoms with Crippen molar-refractivity contribution in [1.82, 2.24) is 10.2 Å². The van der Waals surface area contributed by atoms with Crippen LogP contribution in [0.4, 0.5) is 0 Å². The van der Waals surface area contributed by atoms with Crippen molar-refractivity contribution in [3.63, 3.8) is 0 Å². The number of hydrogen-bond acceptors (Lipinski definition) is 3. The molecule has 0 bridgehead atoms. The second-order valence-corrected chi connectivity index (χ2v) is 4.14. The van der Waals surface area contributed by atoms with Crippen molar-refractivity contribution in [2.45, 2.75) is 0 Å². The van der Waals surface area contributed by atoms with Crippen LogP contribution >= 0.6 is 0 Å². The molecule has 78 valence electrons. The van der Waals surface area contributed by atoms with Crippen molar-refractivity contribution >= 4 is 5.97 Å². The molecule has 2 saturated heterocycles. The first kappa shape index (κ1) is 9.68. The van der Waals surface area contributed by atoms with E-state index in [2.05, 4.69) is 10.2 Å². The molecule has 0 aromatic heterocycles. The normalized spacial score (nSPS) is 32.6. The summed E-state index contributed by atoms with van der Waals surface area (Å²) in [6.07, 6.45) is 2.96. The number of carboxylic acid groups (broad SMARTS) is 1. The van der Waals surface area contributed by atoms with Gasteiger partial charge in [-0.15, -0.1) is 0 Å². The van der Waals surface area contributed by atoms with Crippen molar-refractivity contribution in [3.8, 4) is 0 Å². The summed E-state index contributed by atoms with van der Waals surface area (Å²) in [5.41, 5.74) is 0. The summed E-state index contributed by atoms with van der Waals surface area (Å²) in [5.74, 6) is 0.715. The lowest BCUT2D eigenvalue weighted by atomic mass is 10.0. The van der Waals surface area contributed by atoms with Gasteiger partial charge < -0.3 is 10.4 Å². The highest BCUT2D eigenvalue weighted by Gasteiger charge is 2.35. The van der Waals surface area contributed by atoms with Crippen molar-refractivity contribution in [2.75, 3.05) is 32.7 Å². The third kappa shape index (κ3) is 2.13.